The molecule has 0 aliphatic carbocycles. The third-order valence-electron chi connectivity index (χ3n) is 3.18. The van der Waals surface area contributed by atoms with Gasteiger partial charge in [-0.15, -0.1) is 0 Å². The number of nitrogens with one attached hydrogen (secondary N) is 1. The summed E-state index contributed by atoms with van der Waals surface area (Å²) in [7, 11) is 0. The van der Waals surface area contributed by atoms with Gasteiger partial charge < -0.3 is 10.1 Å². The van der Waals surface area contributed by atoms with E-state index < -0.39 is 0 Å². The maximum atomic E-state index is 5.96. The average Bonchev–Trinajstić information content (AvgIpc) is 2.38. The molecule has 0 saturated carbocycles. The van der Waals surface area contributed by atoms with Gasteiger partial charge >= 0.3 is 0 Å². The second-order valence-electron chi connectivity index (χ2n) is 4.76. The predicted octanol–water partition coefficient (Wildman–Crippen LogP) is 2.81. The molecule has 1 fully saturated rings. The number of ether oxygens (including phenoxy) is 1. The molecule has 3 nitrogen and oxygen atoms in total. The maximum Gasteiger partial charge on any atom is 0.0594 e. The number of hydrogen-bond acceptors (Lipinski definition) is 3. The molecule has 19 heavy (non-hydrogen) atoms. The van der Waals surface area contributed by atoms with Crippen molar-refractivity contribution in [2.75, 3.05) is 39.4 Å². The predicted molar refractivity (Wildman–Crippen MR) is 80.0 cm³/mol. The van der Waals surface area contributed by atoms with Gasteiger partial charge in [0.05, 0.1) is 13.2 Å². The summed E-state index contributed by atoms with van der Waals surface area (Å²) in [6.45, 7) is 6.80. The minimum Gasteiger partial charge on any atom is -0.379 e. The second-order valence-corrected chi connectivity index (χ2v) is 5.63. The highest BCUT2D eigenvalue weighted by Crippen LogP contribution is 2.18. The molecule has 1 aromatic carbocycles. The Hall–Kier alpha value is -0.320. The van der Waals surface area contributed by atoms with Crippen molar-refractivity contribution in [3.8, 4) is 0 Å². The minimum absolute atomic E-state index is 0.692. The van der Waals surface area contributed by atoms with Gasteiger partial charge in [0.15, 0.2) is 0 Å². The van der Waals surface area contributed by atoms with Crippen molar-refractivity contribution in [1.29, 1.82) is 0 Å². The molecule has 1 heterocycles. The van der Waals surface area contributed by atoms with Crippen LogP contribution < -0.4 is 5.32 Å². The Morgan fingerprint density at radius 2 is 1.79 bits per heavy atom. The smallest absolute Gasteiger partial charge is 0.0594 e. The molecule has 0 spiro atoms. The van der Waals surface area contributed by atoms with Crippen LogP contribution in [-0.4, -0.2) is 44.3 Å². The van der Waals surface area contributed by atoms with E-state index in [0.717, 1.165) is 57.9 Å². The standard InChI is InChI=1S/C14H20Cl2N2O/c15-13-8-12(9-14(16)10-13)11-17-2-1-3-18-4-6-19-7-5-18/h8-10,17H,1-7,11H2. The van der Waals surface area contributed by atoms with Crippen LogP contribution in [0, 0.1) is 0 Å². The molecule has 0 aromatic heterocycles. The maximum absolute atomic E-state index is 5.96. The first-order chi connectivity index (χ1) is 9.24. The quantitative estimate of drug-likeness (QED) is 0.818. The monoisotopic (exact) mass is 302 g/mol. The van der Waals surface area contributed by atoms with Crippen molar-refractivity contribution in [2.24, 2.45) is 0 Å². The van der Waals surface area contributed by atoms with E-state index in [1.165, 1.54) is 0 Å². The van der Waals surface area contributed by atoms with Crippen LogP contribution in [0.4, 0.5) is 0 Å². The first kappa shape index (κ1) is 15.1. The summed E-state index contributed by atoms with van der Waals surface area (Å²) in [5, 5.41) is 4.80. The third-order valence-corrected chi connectivity index (χ3v) is 3.62. The lowest BCUT2D eigenvalue weighted by atomic mass is 10.2. The lowest BCUT2D eigenvalue weighted by Crippen LogP contribution is -2.37. The van der Waals surface area contributed by atoms with Crippen LogP contribution in [0.5, 0.6) is 0 Å². The highest BCUT2D eigenvalue weighted by Gasteiger charge is 2.08. The van der Waals surface area contributed by atoms with Gasteiger partial charge in [0.1, 0.15) is 0 Å². The molecule has 0 radical (unpaired) electrons. The zero-order chi connectivity index (χ0) is 13.5. The van der Waals surface area contributed by atoms with E-state index in [2.05, 4.69) is 10.2 Å². The van der Waals surface area contributed by atoms with Crippen LogP contribution in [0.3, 0.4) is 0 Å². The number of hydrogen-bond donors (Lipinski definition) is 1. The van der Waals surface area contributed by atoms with Crippen LogP contribution >= 0.6 is 23.2 Å². The molecular weight excluding hydrogens is 283 g/mol. The second kappa shape index (κ2) is 8.08. The van der Waals surface area contributed by atoms with Crippen LogP contribution in [0.2, 0.25) is 10.0 Å². The van der Waals surface area contributed by atoms with Crippen LogP contribution in [0.15, 0.2) is 18.2 Å². The number of morpholine rings is 1. The fraction of sp³-hybridized carbons (Fsp3) is 0.571. The highest BCUT2D eigenvalue weighted by molar-refractivity contribution is 6.34. The lowest BCUT2D eigenvalue weighted by molar-refractivity contribution is 0.0374. The molecule has 0 amide bonds. The summed E-state index contributed by atoms with van der Waals surface area (Å²) in [5.74, 6) is 0. The first-order valence-corrected chi connectivity index (χ1v) is 7.45. The van der Waals surface area contributed by atoms with Gasteiger partial charge in [-0.1, -0.05) is 23.2 Å². The van der Waals surface area contributed by atoms with E-state index in [0.29, 0.717) is 10.0 Å². The molecule has 1 aliphatic rings. The summed E-state index contributed by atoms with van der Waals surface area (Å²) < 4.78 is 5.33. The van der Waals surface area contributed by atoms with E-state index in [1.807, 2.05) is 12.1 Å². The van der Waals surface area contributed by atoms with Crippen molar-refractivity contribution < 1.29 is 4.74 Å². The molecule has 0 atom stereocenters. The molecule has 1 saturated heterocycles. The molecule has 1 aromatic rings. The normalized spacial score (nSPS) is 16.7. The van der Waals surface area contributed by atoms with E-state index in [1.54, 1.807) is 6.07 Å². The van der Waals surface area contributed by atoms with Gasteiger partial charge in [-0.25, -0.2) is 0 Å². The SMILES string of the molecule is Clc1cc(Cl)cc(CNCCCN2CCOCC2)c1. The highest BCUT2D eigenvalue weighted by atomic mass is 35.5. The van der Waals surface area contributed by atoms with Crippen molar-refractivity contribution in [2.45, 2.75) is 13.0 Å². The molecule has 0 bridgehead atoms. The largest absolute Gasteiger partial charge is 0.379 e. The van der Waals surface area contributed by atoms with E-state index >= 15 is 0 Å². The Balaban J connectivity index is 1.60. The summed E-state index contributed by atoms with van der Waals surface area (Å²) in [5.41, 5.74) is 1.13. The summed E-state index contributed by atoms with van der Waals surface area (Å²) in [4.78, 5) is 2.45. The number of halogens is 2. The van der Waals surface area contributed by atoms with Gasteiger partial charge in [-0.2, -0.15) is 0 Å². The van der Waals surface area contributed by atoms with E-state index in [4.69, 9.17) is 27.9 Å². The fourth-order valence-electron chi connectivity index (χ4n) is 2.20. The number of benzene rings is 1. The van der Waals surface area contributed by atoms with Gasteiger partial charge in [0.25, 0.3) is 0 Å². The Bertz CT molecular complexity index is 375. The van der Waals surface area contributed by atoms with Gasteiger partial charge in [-0.05, 0) is 43.3 Å². The summed E-state index contributed by atoms with van der Waals surface area (Å²) >= 11 is 11.9. The molecule has 2 rings (SSSR count). The lowest BCUT2D eigenvalue weighted by Gasteiger charge is -2.26. The van der Waals surface area contributed by atoms with Crippen LogP contribution in [-0.2, 0) is 11.3 Å². The number of rotatable bonds is 6. The molecule has 1 N–H and O–H groups in total. The van der Waals surface area contributed by atoms with Gasteiger partial charge in [-0.3, -0.25) is 4.90 Å². The topological polar surface area (TPSA) is 24.5 Å². The first-order valence-electron chi connectivity index (χ1n) is 6.70. The molecule has 5 heteroatoms. The zero-order valence-electron chi connectivity index (χ0n) is 11.0. The average molecular weight is 303 g/mol. The minimum atomic E-state index is 0.692. The molecule has 1 aliphatic heterocycles. The summed E-state index contributed by atoms with van der Waals surface area (Å²) in [6.07, 6.45) is 1.15. The van der Waals surface area contributed by atoms with E-state index in [-0.39, 0.29) is 0 Å². The Morgan fingerprint density at radius 1 is 1.11 bits per heavy atom. The third kappa shape index (κ3) is 5.67. The van der Waals surface area contributed by atoms with E-state index in [9.17, 15) is 0 Å². The van der Waals surface area contributed by atoms with Crippen molar-refractivity contribution in [1.82, 2.24) is 10.2 Å². The van der Waals surface area contributed by atoms with Crippen LogP contribution in [0.1, 0.15) is 12.0 Å². The Morgan fingerprint density at radius 3 is 2.47 bits per heavy atom. The van der Waals surface area contributed by atoms with Gasteiger partial charge in [0.2, 0.25) is 0 Å². The summed E-state index contributed by atoms with van der Waals surface area (Å²) in [6, 6.07) is 5.65. The van der Waals surface area contributed by atoms with Crippen molar-refractivity contribution in [3.05, 3.63) is 33.8 Å². The molecular formula is C14H20Cl2N2O. The van der Waals surface area contributed by atoms with Crippen molar-refractivity contribution >= 4 is 23.2 Å². The molecule has 106 valence electrons. The fourth-order valence-corrected chi connectivity index (χ4v) is 2.77. The Labute approximate surface area is 124 Å². The van der Waals surface area contributed by atoms with Crippen molar-refractivity contribution in [3.63, 3.8) is 0 Å². The van der Waals surface area contributed by atoms with Crippen LogP contribution in [0.25, 0.3) is 0 Å². The van der Waals surface area contributed by atoms with Gasteiger partial charge in [0, 0.05) is 29.7 Å². The number of nitrogens with zero attached hydrogens (tertiary/aromatic N) is 1. The zero-order valence-corrected chi connectivity index (χ0v) is 12.5. The Kier molecular flexibility index (Phi) is 6.41. The molecule has 0 unspecified atom stereocenters.